The first-order valence-electron chi connectivity index (χ1n) is 13.5. The van der Waals surface area contributed by atoms with Gasteiger partial charge in [0.25, 0.3) is 0 Å². The molecule has 0 unspecified atom stereocenters. The van der Waals surface area contributed by atoms with Gasteiger partial charge in [-0.05, 0) is 72.2 Å². The van der Waals surface area contributed by atoms with Gasteiger partial charge in [-0.2, -0.15) is 0 Å². The van der Waals surface area contributed by atoms with E-state index in [2.05, 4.69) is 58.3 Å². The van der Waals surface area contributed by atoms with Crippen LogP contribution in [0.1, 0.15) is 92.3 Å². The van der Waals surface area contributed by atoms with E-state index in [0.717, 1.165) is 17.8 Å². The number of anilines is 3. The number of phenolic OH excluding ortho intramolecular Hbond substituents is 2. The summed E-state index contributed by atoms with van der Waals surface area (Å²) in [5.41, 5.74) is 3.53. The Bertz CT molecular complexity index is 1530. The molecule has 0 atom stereocenters. The van der Waals surface area contributed by atoms with Crippen LogP contribution in [0.4, 0.5) is 17.1 Å². The smallest absolute Gasteiger partial charge is 0.200 e. The Hall–Kier alpha value is -4.32. The maximum absolute atomic E-state index is 13.9. The largest absolute Gasteiger partial charge is 0.507 e. The van der Waals surface area contributed by atoms with Crippen LogP contribution in [0.25, 0.3) is 0 Å². The number of nitrogens with one attached hydrogen (secondary N) is 2. The van der Waals surface area contributed by atoms with Crippen molar-refractivity contribution in [1.29, 1.82) is 0 Å². The summed E-state index contributed by atoms with van der Waals surface area (Å²) in [6, 6.07) is 13.9. The summed E-state index contributed by atoms with van der Waals surface area (Å²) in [5.74, 6) is -1.78. The van der Waals surface area contributed by atoms with Crippen molar-refractivity contribution in [1.82, 2.24) is 0 Å². The highest BCUT2D eigenvalue weighted by molar-refractivity contribution is 6.33. The summed E-state index contributed by atoms with van der Waals surface area (Å²) in [4.78, 5) is 27.8. The summed E-state index contributed by atoms with van der Waals surface area (Å²) in [5, 5.41) is 27.7. The van der Waals surface area contributed by atoms with E-state index in [1.165, 1.54) is 17.7 Å². The highest BCUT2D eigenvalue weighted by Gasteiger charge is 2.38. The van der Waals surface area contributed by atoms with E-state index in [9.17, 15) is 19.8 Å². The van der Waals surface area contributed by atoms with Crippen LogP contribution in [0.5, 0.6) is 11.5 Å². The molecule has 0 fully saturated rings. The predicted octanol–water partition coefficient (Wildman–Crippen LogP) is 8.22. The molecule has 6 heteroatoms. The van der Waals surface area contributed by atoms with Gasteiger partial charge in [0.2, 0.25) is 11.6 Å². The molecule has 0 heterocycles. The molecule has 40 heavy (non-hydrogen) atoms. The molecule has 3 aromatic carbocycles. The fourth-order valence-corrected chi connectivity index (χ4v) is 4.69. The van der Waals surface area contributed by atoms with Gasteiger partial charge < -0.3 is 20.8 Å². The lowest BCUT2D eigenvalue weighted by Gasteiger charge is -2.25. The van der Waals surface area contributed by atoms with E-state index in [4.69, 9.17) is 0 Å². The first-order valence-corrected chi connectivity index (χ1v) is 13.5. The lowest BCUT2D eigenvalue weighted by molar-refractivity contribution is 0.0975. The number of carbonyl (C=O) groups excluding carboxylic acids is 2. The van der Waals surface area contributed by atoms with Crippen LogP contribution in [0.15, 0.2) is 72.5 Å². The highest BCUT2D eigenvalue weighted by Crippen LogP contribution is 2.43. The molecule has 6 nitrogen and oxygen atoms in total. The van der Waals surface area contributed by atoms with Crippen LogP contribution >= 0.6 is 0 Å². The maximum Gasteiger partial charge on any atom is 0.200 e. The fourth-order valence-electron chi connectivity index (χ4n) is 4.69. The molecule has 4 N–H and O–H groups in total. The van der Waals surface area contributed by atoms with Crippen LogP contribution in [0.3, 0.4) is 0 Å². The summed E-state index contributed by atoms with van der Waals surface area (Å²) < 4.78 is 0. The molecule has 0 aromatic heterocycles. The average molecular weight is 539 g/mol. The number of allylic oxidation sites excluding steroid dienone is 3. The molecule has 0 radical (unpaired) electrons. The standard InChI is InChI=1S/C34H38N2O4/c1-8-21(10-9-19-33(2,3)4)35-23-15-16-24(36-22-13-11-20(12-14-22)34(5,6)7)28-27(23)31(39)29-25(37)17-18-26(38)30(29)32(28)40/h8-18,35-38H,19H2,1-7H3/b10-9-,21-8+. The minimum absolute atomic E-state index is 0.0114. The van der Waals surface area contributed by atoms with Crippen molar-refractivity contribution >= 4 is 28.6 Å². The molecule has 0 saturated heterocycles. The fraction of sp³-hybridized carbons (Fsp3) is 0.294. The second-order valence-electron chi connectivity index (χ2n) is 12.4. The molecule has 0 amide bonds. The van der Waals surface area contributed by atoms with Gasteiger partial charge in [-0.1, -0.05) is 65.8 Å². The molecule has 3 aromatic rings. The van der Waals surface area contributed by atoms with Gasteiger partial charge >= 0.3 is 0 Å². The number of aromatic hydroxyl groups is 2. The predicted molar refractivity (Wildman–Crippen MR) is 162 cm³/mol. The van der Waals surface area contributed by atoms with E-state index >= 15 is 0 Å². The third-order valence-corrected chi connectivity index (χ3v) is 6.92. The van der Waals surface area contributed by atoms with E-state index in [0.29, 0.717) is 11.4 Å². The monoisotopic (exact) mass is 538 g/mol. The van der Waals surface area contributed by atoms with Gasteiger partial charge in [-0.25, -0.2) is 0 Å². The highest BCUT2D eigenvalue weighted by atomic mass is 16.3. The second kappa shape index (κ2) is 10.7. The summed E-state index contributed by atoms with van der Waals surface area (Å²) >= 11 is 0. The zero-order valence-corrected chi connectivity index (χ0v) is 24.3. The molecule has 0 aliphatic heterocycles. The van der Waals surface area contributed by atoms with Crippen molar-refractivity contribution in [2.45, 2.75) is 60.3 Å². The van der Waals surface area contributed by atoms with Gasteiger partial charge in [0.1, 0.15) is 11.5 Å². The van der Waals surface area contributed by atoms with E-state index in [-0.39, 0.29) is 44.6 Å². The second-order valence-corrected chi connectivity index (χ2v) is 12.4. The topological polar surface area (TPSA) is 98.7 Å². The van der Waals surface area contributed by atoms with Crippen LogP contribution in [0, 0.1) is 5.41 Å². The van der Waals surface area contributed by atoms with Crippen LogP contribution in [-0.2, 0) is 5.41 Å². The Labute approximate surface area is 236 Å². The van der Waals surface area contributed by atoms with E-state index in [1.807, 2.05) is 43.3 Å². The van der Waals surface area contributed by atoms with E-state index < -0.39 is 11.6 Å². The number of benzene rings is 3. The van der Waals surface area contributed by atoms with Crippen LogP contribution < -0.4 is 10.6 Å². The number of carbonyl (C=O) groups is 2. The third-order valence-electron chi connectivity index (χ3n) is 6.92. The number of rotatable bonds is 6. The molecule has 4 rings (SSSR count). The van der Waals surface area contributed by atoms with Crippen LogP contribution in [-0.4, -0.2) is 21.8 Å². The lowest BCUT2D eigenvalue weighted by Crippen LogP contribution is -2.24. The number of ketones is 2. The Balaban J connectivity index is 1.82. The maximum atomic E-state index is 13.9. The van der Waals surface area contributed by atoms with Gasteiger partial charge in [-0.3, -0.25) is 9.59 Å². The zero-order valence-electron chi connectivity index (χ0n) is 24.3. The van der Waals surface area contributed by atoms with Crippen LogP contribution in [0.2, 0.25) is 0 Å². The van der Waals surface area contributed by atoms with Crippen molar-refractivity contribution < 1.29 is 19.8 Å². The van der Waals surface area contributed by atoms with Crippen molar-refractivity contribution in [2.75, 3.05) is 10.6 Å². The quantitative estimate of drug-likeness (QED) is 0.146. The van der Waals surface area contributed by atoms with Crippen molar-refractivity contribution in [3.63, 3.8) is 0 Å². The molecular formula is C34H38N2O4. The Morgan fingerprint density at radius 1 is 0.750 bits per heavy atom. The molecular weight excluding hydrogens is 500 g/mol. The van der Waals surface area contributed by atoms with E-state index in [1.54, 1.807) is 12.1 Å². The van der Waals surface area contributed by atoms with Gasteiger partial charge in [-0.15, -0.1) is 0 Å². The van der Waals surface area contributed by atoms with Gasteiger partial charge in [0, 0.05) is 11.4 Å². The first-order chi connectivity index (χ1) is 18.7. The Kier molecular flexibility index (Phi) is 7.66. The number of fused-ring (bicyclic) bond motifs is 2. The normalized spacial score (nSPS) is 13.8. The van der Waals surface area contributed by atoms with Crippen molar-refractivity contribution in [3.8, 4) is 11.5 Å². The minimum Gasteiger partial charge on any atom is -0.507 e. The third kappa shape index (κ3) is 5.81. The summed E-state index contributed by atoms with van der Waals surface area (Å²) in [7, 11) is 0. The molecule has 208 valence electrons. The zero-order chi connectivity index (χ0) is 29.4. The van der Waals surface area contributed by atoms with Crippen molar-refractivity contribution in [3.05, 3.63) is 100 Å². The Morgan fingerprint density at radius 2 is 1.27 bits per heavy atom. The molecule has 0 spiro atoms. The van der Waals surface area contributed by atoms with Crippen molar-refractivity contribution in [2.24, 2.45) is 5.41 Å². The minimum atomic E-state index is -0.541. The van der Waals surface area contributed by atoms with Gasteiger partial charge in [0.05, 0.1) is 33.6 Å². The molecule has 0 saturated carbocycles. The summed E-state index contributed by atoms with van der Waals surface area (Å²) in [6.45, 7) is 14.8. The number of phenols is 2. The lowest BCUT2D eigenvalue weighted by atomic mass is 9.81. The molecule has 1 aliphatic rings. The average Bonchev–Trinajstić information content (AvgIpc) is 2.87. The molecule has 1 aliphatic carbocycles. The van der Waals surface area contributed by atoms with Gasteiger partial charge in [0.15, 0.2) is 0 Å². The first kappa shape index (κ1) is 28.7. The SMILES string of the molecule is C/C=C(\C=C/CC(C)(C)C)Nc1ccc(Nc2ccc(C(C)(C)C)cc2)c2c1C(=O)c1c(O)ccc(O)c1C2=O. The number of hydrogen-bond acceptors (Lipinski definition) is 6. The Morgan fingerprint density at radius 3 is 1.77 bits per heavy atom. The summed E-state index contributed by atoms with van der Waals surface area (Å²) in [6.07, 6.45) is 6.77. The molecule has 0 bridgehead atoms. The number of hydrogen-bond donors (Lipinski definition) is 4.